The Hall–Kier alpha value is -2.49. The molecule has 2 aromatic rings. The van der Waals surface area contributed by atoms with E-state index in [2.05, 4.69) is 15.6 Å². The van der Waals surface area contributed by atoms with E-state index in [0.717, 1.165) is 5.56 Å². The maximum absolute atomic E-state index is 12.6. The number of ether oxygens (including phenoxy) is 2. The van der Waals surface area contributed by atoms with Crippen molar-refractivity contribution in [2.75, 3.05) is 33.8 Å². The van der Waals surface area contributed by atoms with Crippen molar-refractivity contribution in [2.24, 2.45) is 4.99 Å². The number of likely N-dealkylation sites (N-methyl/N-ethyl adjacent to an activating group) is 1. The topological polar surface area (TPSA) is 75.2 Å². The van der Waals surface area contributed by atoms with Crippen molar-refractivity contribution in [1.29, 1.82) is 0 Å². The number of nitrogens with zero attached hydrogens (tertiary/aromatic N) is 2. The molecule has 31 heavy (non-hydrogen) atoms. The normalized spacial score (nSPS) is 11.7. The van der Waals surface area contributed by atoms with Crippen molar-refractivity contribution >= 4 is 35.8 Å². The van der Waals surface area contributed by atoms with Gasteiger partial charge in [-0.25, -0.2) is 0 Å². The lowest BCUT2D eigenvalue weighted by atomic mass is 10.2. The van der Waals surface area contributed by atoms with Crippen LogP contribution in [0.4, 0.5) is 0 Å². The van der Waals surface area contributed by atoms with Crippen LogP contribution in [0.15, 0.2) is 59.6 Å². The number of halogens is 1. The van der Waals surface area contributed by atoms with Gasteiger partial charge >= 0.3 is 0 Å². The summed E-state index contributed by atoms with van der Waals surface area (Å²) in [7, 11) is 3.29. The molecule has 0 fully saturated rings. The number of benzene rings is 2. The van der Waals surface area contributed by atoms with Gasteiger partial charge in [-0.3, -0.25) is 9.79 Å². The minimum absolute atomic E-state index is 0. The fourth-order valence-corrected chi connectivity index (χ4v) is 2.89. The SMILES string of the molecule is CCN(Cc1ccccc1)C(=O)CNC(=NC)NCC(C)Oc1ccccc1OC.I. The van der Waals surface area contributed by atoms with Crippen LogP contribution in [0, 0.1) is 0 Å². The van der Waals surface area contributed by atoms with E-state index < -0.39 is 0 Å². The summed E-state index contributed by atoms with van der Waals surface area (Å²) in [6.45, 7) is 5.86. The average Bonchev–Trinajstić information content (AvgIpc) is 2.78. The van der Waals surface area contributed by atoms with E-state index in [-0.39, 0.29) is 42.5 Å². The van der Waals surface area contributed by atoms with E-state index in [1.54, 1.807) is 14.2 Å². The number of amides is 1. The first-order chi connectivity index (χ1) is 14.6. The first-order valence-corrected chi connectivity index (χ1v) is 10.1. The second-order valence-corrected chi connectivity index (χ2v) is 6.78. The van der Waals surface area contributed by atoms with Crippen LogP contribution in [-0.2, 0) is 11.3 Å². The highest BCUT2D eigenvalue weighted by Crippen LogP contribution is 2.26. The Morgan fingerprint density at radius 1 is 1.06 bits per heavy atom. The van der Waals surface area contributed by atoms with E-state index in [9.17, 15) is 4.79 Å². The van der Waals surface area contributed by atoms with Crippen LogP contribution in [0.25, 0.3) is 0 Å². The molecule has 0 aromatic heterocycles. The van der Waals surface area contributed by atoms with Crippen molar-refractivity contribution in [2.45, 2.75) is 26.5 Å². The number of methoxy groups -OCH3 is 1. The Morgan fingerprint density at radius 3 is 2.32 bits per heavy atom. The second-order valence-electron chi connectivity index (χ2n) is 6.78. The lowest BCUT2D eigenvalue weighted by molar-refractivity contribution is -0.130. The van der Waals surface area contributed by atoms with E-state index in [1.165, 1.54) is 0 Å². The lowest BCUT2D eigenvalue weighted by Crippen LogP contribution is -2.46. The molecule has 0 aliphatic rings. The van der Waals surface area contributed by atoms with Gasteiger partial charge in [0, 0.05) is 20.1 Å². The maximum atomic E-state index is 12.6. The summed E-state index contributed by atoms with van der Waals surface area (Å²) in [5, 5.41) is 6.27. The molecular formula is C23H33IN4O3. The maximum Gasteiger partial charge on any atom is 0.242 e. The third-order valence-corrected chi connectivity index (χ3v) is 4.54. The molecule has 0 heterocycles. The van der Waals surface area contributed by atoms with E-state index in [4.69, 9.17) is 9.47 Å². The molecule has 170 valence electrons. The monoisotopic (exact) mass is 540 g/mol. The second kappa shape index (κ2) is 14.5. The number of rotatable bonds is 10. The van der Waals surface area contributed by atoms with Crippen LogP contribution in [-0.4, -0.2) is 56.7 Å². The zero-order valence-corrected chi connectivity index (χ0v) is 21.0. The summed E-state index contributed by atoms with van der Waals surface area (Å²) >= 11 is 0. The smallest absolute Gasteiger partial charge is 0.242 e. The number of aliphatic imine (C=N–C) groups is 1. The highest BCUT2D eigenvalue weighted by molar-refractivity contribution is 14.0. The summed E-state index contributed by atoms with van der Waals surface area (Å²) < 4.78 is 11.2. The summed E-state index contributed by atoms with van der Waals surface area (Å²) in [6.07, 6.45) is -0.124. The minimum Gasteiger partial charge on any atom is -0.493 e. The number of para-hydroxylation sites is 2. The Morgan fingerprint density at radius 2 is 1.71 bits per heavy atom. The number of nitrogens with one attached hydrogen (secondary N) is 2. The third-order valence-electron chi connectivity index (χ3n) is 4.54. The standard InChI is InChI=1S/C23H32N4O3.HI/c1-5-27(17-19-11-7-6-8-12-19)22(28)16-26-23(24-3)25-15-18(2)30-21-14-10-9-13-20(21)29-4;/h6-14,18H,5,15-17H2,1-4H3,(H2,24,25,26);1H. The Bertz CT molecular complexity index is 817. The van der Waals surface area contributed by atoms with E-state index in [0.29, 0.717) is 37.1 Å². The molecule has 1 amide bonds. The van der Waals surface area contributed by atoms with Crippen LogP contribution in [0.2, 0.25) is 0 Å². The van der Waals surface area contributed by atoms with Gasteiger partial charge in [0.1, 0.15) is 6.10 Å². The fraction of sp³-hybridized carbons (Fsp3) is 0.391. The molecule has 1 atom stereocenters. The average molecular weight is 540 g/mol. The number of hydrogen-bond donors (Lipinski definition) is 2. The first-order valence-electron chi connectivity index (χ1n) is 10.1. The van der Waals surface area contributed by atoms with Gasteiger partial charge in [0.05, 0.1) is 20.2 Å². The predicted octanol–water partition coefficient (Wildman–Crippen LogP) is 3.29. The quantitative estimate of drug-likeness (QED) is 0.275. The highest BCUT2D eigenvalue weighted by atomic mass is 127. The van der Waals surface area contributed by atoms with Crippen molar-refractivity contribution in [1.82, 2.24) is 15.5 Å². The zero-order valence-electron chi connectivity index (χ0n) is 18.6. The van der Waals surface area contributed by atoms with Gasteiger partial charge in [0.15, 0.2) is 17.5 Å². The minimum atomic E-state index is -0.124. The summed E-state index contributed by atoms with van der Waals surface area (Å²) in [4.78, 5) is 18.6. The fourth-order valence-electron chi connectivity index (χ4n) is 2.89. The largest absolute Gasteiger partial charge is 0.493 e. The molecule has 0 aliphatic carbocycles. The van der Waals surface area contributed by atoms with Gasteiger partial charge in [-0.2, -0.15) is 0 Å². The van der Waals surface area contributed by atoms with Crippen LogP contribution in [0.5, 0.6) is 11.5 Å². The van der Waals surface area contributed by atoms with E-state index in [1.807, 2.05) is 73.3 Å². The molecule has 2 aromatic carbocycles. The number of carbonyl (C=O) groups is 1. The van der Waals surface area contributed by atoms with Crippen LogP contribution >= 0.6 is 24.0 Å². The van der Waals surface area contributed by atoms with Crippen LogP contribution in [0.3, 0.4) is 0 Å². The summed E-state index contributed by atoms with van der Waals surface area (Å²) in [5.41, 5.74) is 1.11. The molecule has 8 heteroatoms. The number of hydrogen-bond acceptors (Lipinski definition) is 4. The molecule has 0 spiro atoms. The molecule has 7 nitrogen and oxygen atoms in total. The molecule has 2 N–H and O–H groups in total. The van der Waals surface area contributed by atoms with Crippen LogP contribution < -0.4 is 20.1 Å². The van der Waals surface area contributed by atoms with Crippen molar-refractivity contribution in [3.8, 4) is 11.5 Å². The molecule has 0 bridgehead atoms. The molecule has 2 rings (SSSR count). The predicted molar refractivity (Wildman–Crippen MR) is 135 cm³/mol. The van der Waals surface area contributed by atoms with Crippen LogP contribution in [0.1, 0.15) is 19.4 Å². The highest BCUT2D eigenvalue weighted by Gasteiger charge is 2.14. The van der Waals surface area contributed by atoms with Gasteiger partial charge < -0.3 is 25.0 Å². The number of guanidine groups is 1. The van der Waals surface area contributed by atoms with E-state index >= 15 is 0 Å². The van der Waals surface area contributed by atoms with Crippen molar-refractivity contribution in [3.63, 3.8) is 0 Å². The first kappa shape index (κ1) is 26.5. The van der Waals surface area contributed by atoms with Gasteiger partial charge in [0.25, 0.3) is 0 Å². The Labute approximate surface area is 202 Å². The summed E-state index contributed by atoms with van der Waals surface area (Å²) in [5.74, 6) is 1.94. The Kier molecular flexibility index (Phi) is 12.4. The van der Waals surface area contributed by atoms with Gasteiger partial charge in [-0.15, -0.1) is 24.0 Å². The van der Waals surface area contributed by atoms with Gasteiger partial charge in [-0.05, 0) is 31.5 Å². The molecule has 1 unspecified atom stereocenters. The molecule has 0 radical (unpaired) electrons. The molecule has 0 saturated heterocycles. The Balaban J connectivity index is 0.00000480. The molecular weight excluding hydrogens is 507 g/mol. The van der Waals surface area contributed by atoms with Crippen molar-refractivity contribution < 1.29 is 14.3 Å². The molecule has 0 saturated carbocycles. The van der Waals surface area contributed by atoms with Crippen molar-refractivity contribution in [3.05, 3.63) is 60.2 Å². The number of carbonyl (C=O) groups excluding carboxylic acids is 1. The van der Waals surface area contributed by atoms with Gasteiger partial charge in [-0.1, -0.05) is 42.5 Å². The molecule has 0 aliphatic heterocycles. The van der Waals surface area contributed by atoms with Gasteiger partial charge in [0.2, 0.25) is 5.91 Å². The zero-order chi connectivity index (χ0) is 21.8. The summed E-state index contributed by atoms with van der Waals surface area (Å²) in [6, 6.07) is 17.5. The lowest BCUT2D eigenvalue weighted by Gasteiger charge is -2.22. The third kappa shape index (κ3) is 9.04.